The average molecular weight is 264 g/mol. The summed E-state index contributed by atoms with van der Waals surface area (Å²) in [6.07, 6.45) is 1.22. The van der Waals surface area contributed by atoms with Gasteiger partial charge in [-0.2, -0.15) is 0 Å². The van der Waals surface area contributed by atoms with Crippen LogP contribution in [0.15, 0.2) is 24.3 Å². The van der Waals surface area contributed by atoms with Gasteiger partial charge in [0.05, 0.1) is 6.61 Å². The molecule has 0 saturated carbocycles. The van der Waals surface area contributed by atoms with E-state index in [0.29, 0.717) is 25.0 Å². The fourth-order valence-electron chi connectivity index (χ4n) is 2.68. The summed E-state index contributed by atoms with van der Waals surface area (Å²) < 4.78 is 5.79. The molecule has 2 rings (SSSR count). The third-order valence-electron chi connectivity index (χ3n) is 4.03. The molecular formula is C15H24N2O2. The van der Waals surface area contributed by atoms with Crippen molar-refractivity contribution in [2.24, 2.45) is 17.6 Å². The monoisotopic (exact) mass is 264 g/mol. The molecule has 1 aromatic rings. The maximum Gasteiger partial charge on any atom is 0.119 e. The number of nitrogens with two attached hydrogens (primary N) is 1. The van der Waals surface area contributed by atoms with Gasteiger partial charge < -0.3 is 20.5 Å². The predicted octanol–water partition coefficient (Wildman–Crippen LogP) is 1.69. The summed E-state index contributed by atoms with van der Waals surface area (Å²) in [5, 5.41) is 9.23. The molecule has 19 heavy (non-hydrogen) atoms. The largest absolute Gasteiger partial charge is 0.508 e. The minimum atomic E-state index is 0.261. The first-order valence-electron chi connectivity index (χ1n) is 7.07. The van der Waals surface area contributed by atoms with Crippen molar-refractivity contribution >= 4 is 0 Å². The smallest absolute Gasteiger partial charge is 0.119 e. The van der Waals surface area contributed by atoms with Gasteiger partial charge >= 0.3 is 0 Å². The van der Waals surface area contributed by atoms with Crippen molar-refractivity contribution in [1.82, 2.24) is 4.90 Å². The second-order valence-corrected chi connectivity index (χ2v) is 5.24. The predicted molar refractivity (Wildman–Crippen MR) is 76.4 cm³/mol. The summed E-state index contributed by atoms with van der Waals surface area (Å²) in [7, 11) is 0. The van der Waals surface area contributed by atoms with Crippen LogP contribution in [0, 0.1) is 11.8 Å². The van der Waals surface area contributed by atoms with Gasteiger partial charge in [0.2, 0.25) is 0 Å². The quantitative estimate of drug-likeness (QED) is 0.821. The van der Waals surface area contributed by atoms with E-state index >= 15 is 0 Å². The van der Waals surface area contributed by atoms with Crippen LogP contribution in [-0.2, 0) is 0 Å². The molecular weight excluding hydrogens is 240 g/mol. The Bertz CT molecular complexity index is 380. The highest BCUT2D eigenvalue weighted by molar-refractivity contribution is 5.30. The molecule has 0 bridgehead atoms. The lowest BCUT2D eigenvalue weighted by atomic mass is 9.92. The third kappa shape index (κ3) is 3.85. The van der Waals surface area contributed by atoms with Crippen LogP contribution in [0.5, 0.6) is 11.5 Å². The van der Waals surface area contributed by atoms with Gasteiger partial charge in [-0.25, -0.2) is 0 Å². The molecule has 0 aliphatic carbocycles. The molecule has 1 heterocycles. The minimum absolute atomic E-state index is 0.261. The Labute approximate surface area is 115 Å². The Morgan fingerprint density at radius 2 is 2.16 bits per heavy atom. The Morgan fingerprint density at radius 1 is 1.42 bits per heavy atom. The Kier molecular flexibility index (Phi) is 5.05. The van der Waals surface area contributed by atoms with Crippen LogP contribution >= 0.6 is 0 Å². The number of aromatic hydroxyl groups is 1. The molecule has 0 amide bonds. The highest BCUT2D eigenvalue weighted by atomic mass is 16.5. The maximum atomic E-state index is 9.23. The van der Waals surface area contributed by atoms with Crippen molar-refractivity contribution in [3.8, 4) is 11.5 Å². The second-order valence-electron chi connectivity index (χ2n) is 5.24. The summed E-state index contributed by atoms with van der Waals surface area (Å²) in [6.45, 7) is 6.96. The van der Waals surface area contributed by atoms with Gasteiger partial charge in [0.15, 0.2) is 0 Å². The standard InChI is InChI=1S/C15H24N2O2/c1-2-17-8-7-12(10-17)13(9-16)11-19-15-5-3-14(18)4-6-15/h3-6,12-13,18H,2,7-11,16H2,1H3. The summed E-state index contributed by atoms with van der Waals surface area (Å²) >= 11 is 0. The van der Waals surface area contributed by atoms with Crippen molar-refractivity contribution in [2.45, 2.75) is 13.3 Å². The third-order valence-corrected chi connectivity index (χ3v) is 4.03. The fraction of sp³-hybridized carbons (Fsp3) is 0.600. The van der Waals surface area contributed by atoms with Crippen LogP contribution in [0.2, 0.25) is 0 Å². The number of hydrogen-bond acceptors (Lipinski definition) is 4. The van der Waals surface area contributed by atoms with E-state index in [-0.39, 0.29) is 5.75 Å². The van der Waals surface area contributed by atoms with Gasteiger partial charge in [-0.3, -0.25) is 0 Å². The zero-order valence-electron chi connectivity index (χ0n) is 11.6. The van der Waals surface area contributed by atoms with Gasteiger partial charge in [0.1, 0.15) is 11.5 Å². The number of nitrogens with zero attached hydrogens (tertiary/aromatic N) is 1. The number of rotatable bonds is 6. The van der Waals surface area contributed by atoms with Crippen molar-refractivity contribution in [1.29, 1.82) is 0 Å². The van der Waals surface area contributed by atoms with Gasteiger partial charge in [-0.05, 0) is 56.2 Å². The van der Waals surface area contributed by atoms with E-state index < -0.39 is 0 Å². The van der Waals surface area contributed by atoms with E-state index in [4.69, 9.17) is 10.5 Å². The van der Waals surface area contributed by atoms with E-state index in [0.717, 1.165) is 18.8 Å². The molecule has 106 valence electrons. The molecule has 1 aliphatic rings. The summed E-state index contributed by atoms with van der Waals surface area (Å²) in [6, 6.07) is 6.86. The van der Waals surface area contributed by atoms with Crippen LogP contribution in [0.1, 0.15) is 13.3 Å². The van der Waals surface area contributed by atoms with Gasteiger partial charge in [0.25, 0.3) is 0 Å². The van der Waals surface area contributed by atoms with Gasteiger partial charge in [-0.1, -0.05) is 6.92 Å². The molecule has 2 unspecified atom stereocenters. The summed E-state index contributed by atoms with van der Waals surface area (Å²) in [4.78, 5) is 2.47. The first-order chi connectivity index (χ1) is 9.22. The van der Waals surface area contributed by atoms with Gasteiger partial charge in [0, 0.05) is 12.5 Å². The van der Waals surface area contributed by atoms with E-state index in [1.165, 1.54) is 13.0 Å². The zero-order valence-corrected chi connectivity index (χ0v) is 11.6. The van der Waals surface area contributed by atoms with Crippen molar-refractivity contribution in [3.63, 3.8) is 0 Å². The molecule has 0 radical (unpaired) electrons. The van der Waals surface area contributed by atoms with E-state index in [1.807, 2.05) is 0 Å². The molecule has 0 spiro atoms. The molecule has 1 saturated heterocycles. The van der Waals surface area contributed by atoms with Crippen LogP contribution in [0.3, 0.4) is 0 Å². The summed E-state index contributed by atoms with van der Waals surface area (Å²) in [5.41, 5.74) is 5.89. The van der Waals surface area contributed by atoms with Crippen LogP contribution in [0.25, 0.3) is 0 Å². The number of phenols is 1. The number of likely N-dealkylation sites (tertiary alicyclic amines) is 1. The fourth-order valence-corrected chi connectivity index (χ4v) is 2.68. The maximum absolute atomic E-state index is 9.23. The van der Waals surface area contributed by atoms with Crippen LogP contribution < -0.4 is 10.5 Å². The topological polar surface area (TPSA) is 58.7 Å². The molecule has 4 heteroatoms. The molecule has 3 N–H and O–H groups in total. The minimum Gasteiger partial charge on any atom is -0.508 e. The second kappa shape index (κ2) is 6.78. The highest BCUT2D eigenvalue weighted by Gasteiger charge is 2.28. The van der Waals surface area contributed by atoms with Crippen molar-refractivity contribution in [2.75, 3.05) is 32.8 Å². The first kappa shape index (κ1) is 14.2. The van der Waals surface area contributed by atoms with Crippen molar-refractivity contribution in [3.05, 3.63) is 24.3 Å². The van der Waals surface area contributed by atoms with Crippen LogP contribution in [-0.4, -0.2) is 42.8 Å². The normalized spacial score (nSPS) is 21.5. The molecule has 2 atom stereocenters. The van der Waals surface area contributed by atoms with Crippen LogP contribution in [0.4, 0.5) is 0 Å². The van der Waals surface area contributed by atoms with E-state index in [1.54, 1.807) is 24.3 Å². The number of hydrogen-bond donors (Lipinski definition) is 2. The zero-order chi connectivity index (χ0) is 13.7. The molecule has 0 aromatic heterocycles. The molecule has 4 nitrogen and oxygen atoms in total. The van der Waals surface area contributed by atoms with Crippen molar-refractivity contribution < 1.29 is 9.84 Å². The Balaban J connectivity index is 1.84. The lowest BCUT2D eigenvalue weighted by Gasteiger charge is -2.22. The lowest BCUT2D eigenvalue weighted by Crippen LogP contribution is -2.31. The summed E-state index contributed by atoms with van der Waals surface area (Å²) in [5.74, 6) is 2.10. The number of ether oxygens (including phenoxy) is 1. The Hall–Kier alpha value is -1.26. The molecule has 1 aliphatic heterocycles. The number of benzene rings is 1. The van der Waals surface area contributed by atoms with E-state index in [2.05, 4.69) is 11.8 Å². The lowest BCUT2D eigenvalue weighted by molar-refractivity contribution is 0.196. The highest BCUT2D eigenvalue weighted by Crippen LogP contribution is 2.25. The molecule has 1 aromatic carbocycles. The average Bonchev–Trinajstić information content (AvgIpc) is 2.90. The number of phenolic OH excluding ortho intramolecular Hbond substituents is 1. The first-order valence-corrected chi connectivity index (χ1v) is 7.07. The SMILES string of the molecule is CCN1CCC(C(CN)COc2ccc(O)cc2)C1. The van der Waals surface area contributed by atoms with E-state index in [9.17, 15) is 5.11 Å². The molecule has 1 fully saturated rings. The van der Waals surface area contributed by atoms with Gasteiger partial charge in [-0.15, -0.1) is 0 Å². The Morgan fingerprint density at radius 3 is 2.74 bits per heavy atom.